The molecule has 204 valence electrons. The molecule has 0 radical (unpaired) electrons. The molecule has 0 N–H and O–H groups in total. The van der Waals surface area contributed by atoms with Gasteiger partial charge >= 0.3 is 0 Å². The minimum Gasteiger partial charge on any atom is -0.488 e. The van der Waals surface area contributed by atoms with Crippen molar-refractivity contribution >= 4 is 35.3 Å². The topological polar surface area (TPSA) is 53.5 Å². The summed E-state index contributed by atoms with van der Waals surface area (Å²) >= 11 is 4.80. The highest BCUT2D eigenvalue weighted by Gasteiger charge is 2.19. The molecule has 0 amide bonds. The normalized spacial score (nSPS) is 13.4. The molecule has 36 heavy (non-hydrogen) atoms. The summed E-state index contributed by atoms with van der Waals surface area (Å²) in [4.78, 5) is 9.75. The zero-order chi connectivity index (χ0) is 26.4. The molecule has 0 spiro atoms. The summed E-state index contributed by atoms with van der Waals surface area (Å²) in [6.45, 7) is 17.9. The first-order chi connectivity index (χ1) is 17.6. The summed E-state index contributed by atoms with van der Waals surface area (Å²) in [7, 11) is 0. The lowest BCUT2D eigenvalue weighted by molar-refractivity contribution is 0.209. The molecule has 3 unspecified atom stereocenters. The monoisotopic (exact) mass is 554 g/mol. The van der Waals surface area contributed by atoms with Gasteiger partial charge in [-0.2, -0.15) is 0 Å². The average Bonchev–Trinajstić information content (AvgIpc) is 2.85. The summed E-state index contributed by atoms with van der Waals surface area (Å²) < 4.78 is 17.4. The van der Waals surface area contributed by atoms with E-state index in [1.165, 1.54) is 57.3 Å². The zero-order valence-electron chi connectivity index (χ0n) is 22.5. The van der Waals surface area contributed by atoms with Crippen LogP contribution in [0.3, 0.4) is 0 Å². The van der Waals surface area contributed by atoms with E-state index in [2.05, 4.69) is 40.5 Å². The van der Waals surface area contributed by atoms with Crippen molar-refractivity contribution in [2.75, 3.05) is 0 Å². The van der Waals surface area contributed by atoms with Crippen LogP contribution in [0.4, 0.5) is 0 Å². The number of hydrogen-bond donors (Lipinski definition) is 0. The van der Waals surface area contributed by atoms with Gasteiger partial charge in [0.2, 0.25) is 0 Å². The van der Waals surface area contributed by atoms with Gasteiger partial charge in [-0.25, -0.2) is 9.97 Å². The van der Waals surface area contributed by atoms with E-state index < -0.39 is 0 Å². The van der Waals surface area contributed by atoms with Crippen LogP contribution >= 0.6 is 35.3 Å². The van der Waals surface area contributed by atoms with Crippen molar-refractivity contribution in [1.29, 1.82) is 0 Å². The second-order valence-electron chi connectivity index (χ2n) is 8.36. The first-order valence-corrected chi connectivity index (χ1v) is 15.9. The maximum Gasteiger partial charge on any atom is 0.193 e. The number of aromatic nitrogens is 2. The van der Waals surface area contributed by atoms with Crippen molar-refractivity contribution < 1.29 is 14.2 Å². The SMILES string of the molecule is C=COC(CCCCC)Sc1cc(SC(CCCCC)OC=C)nc(SC(CCCCC)OC=C)n1. The Bertz CT molecular complexity index is 628. The number of thioether (sulfide) groups is 3. The molecule has 0 saturated carbocycles. The third-order valence-electron chi connectivity index (χ3n) is 5.27. The van der Waals surface area contributed by atoms with Crippen LogP contribution in [0, 0.1) is 0 Å². The lowest BCUT2D eigenvalue weighted by Crippen LogP contribution is -2.09. The third-order valence-corrected chi connectivity index (χ3v) is 8.40. The van der Waals surface area contributed by atoms with Gasteiger partial charge in [-0.15, -0.1) is 0 Å². The zero-order valence-corrected chi connectivity index (χ0v) is 24.9. The molecule has 1 aromatic rings. The number of nitrogens with zero attached hydrogens (tertiary/aromatic N) is 2. The molecular formula is C28H46N2O3S3. The van der Waals surface area contributed by atoms with E-state index in [0.717, 1.165) is 48.6 Å². The predicted molar refractivity (Wildman–Crippen MR) is 157 cm³/mol. The van der Waals surface area contributed by atoms with Crippen LogP contribution in [0.1, 0.15) is 97.8 Å². The van der Waals surface area contributed by atoms with Gasteiger partial charge in [0.25, 0.3) is 0 Å². The molecule has 1 rings (SSSR count). The van der Waals surface area contributed by atoms with Gasteiger partial charge in [0, 0.05) is 6.07 Å². The van der Waals surface area contributed by atoms with Crippen LogP contribution in [0.25, 0.3) is 0 Å². The number of unbranched alkanes of at least 4 members (excludes halogenated alkanes) is 6. The van der Waals surface area contributed by atoms with E-state index in [0.29, 0.717) is 5.16 Å². The van der Waals surface area contributed by atoms with Crippen molar-refractivity contribution in [3.8, 4) is 0 Å². The predicted octanol–water partition coefficient (Wildman–Crippen LogP) is 9.95. The molecule has 1 aromatic heterocycles. The third kappa shape index (κ3) is 15.1. The van der Waals surface area contributed by atoms with Crippen LogP contribution in [0.5, 0.6) is 0 Å². The summed E-state index contributed by atoms with van der Waals surface area (Å²) in [6.07, 6.45) is 17.7. The molecule has 0 bridgehead atoms. The fourth-order valence-electron chi connectivity index (χ4n) is 3.41. The summed E-state index contributed by atoms with van der Waals surface area (Å²) in [5.41, 5.74) is -0.134. The average molecular weight is 555 g/mol. The molecule has 0 aliphatic heterocycles. The largest absolute Gasteiger partial charge is 0.488 e. The van der Waals surface area contributed by atoms with Gasteiger partial charge in [0.05, 0.1) is 18.8 Å². The minimum absolute atomic E-state index is 0.0331. The van der Waals surface area contributed by atoms with Crippen molar-refractivity contribution in [1.82, 2.24) is 9.97 Å². The fourth-order valence-corrected chi connectivity index (χ4v) is 6.57. The van der Waals surface area contributed by atoms with Gasteiger partial charge in [0.1, 0.15) is 20.9 Å². The Morgan fingerprint density at radius 1 is 0.639 bits per heavy atom. The van der Waals surface area contributed by atoms with Gasteiger partial charge in [-0.05, 0) is 50.3 Å². The highest BCUT2D eigenvalue weighted by Crippen LogP contribution is 2.35. The molecule has 3 atom stereocenters. The van der Waals surface area contributed by atoms with E-state index in [4.69, 9.17) is 24.2 Å². The second-order valence-corrected chi connectivity index (χ2v) is 11.9. The Balaban J connectivity index is 3.15. The van der Waals surface area contributed by atoms with E-state index in [1.807, 2.05) is 6.07 Å². The lowest BCUT2D eigenvalue weighted by Gasteiger charge is -2.19. The molecular weight excluding hydrogens is 509 g/mol. The number of rotatable bonds is 24. The molecule has 8 heteroatoms. The van der Waals surface area contributed by atoms with Gasteiger partial charge < -0.3 is 14.2 Å². The van der Waals surface area contributed by atoms with Crippen LogP contribution in [0.15, 0.2) is 59.8 Å². The quantitative estimate of drug-likeness (QED) is 0.0312. The number of hydrogen-bond acceptors (Lipinski definition) is 8. The molecule has 0 aromatic carbocycles. The summed E-state index contributed by atoms with van der Waals surface area (Å²) in [5, 5.41) is 2.47. The van der Waals surface area contributed by atoms with Crippen molar-refractivity contribution in [3.05, 3.63) is 44.6 Å². The number of ether oxygens (including phenoxy) is 3. The molecule has 1 heterocycles. The highest BCUT2D eigenvalue weighted by molar-refractivity contribution is 8.01. The Morgan fingerprint density at radius 3 is 1.33 bits per heavy atom. The lowest BCUT2D eigenvalue weighted by atomic mass is 10.2. The molecule has 0 aliphatic carbocycles. The van der Waals surface area contributed by atoms with E-state index in [9.17, 15) is 0 Å². The minimum atomic E-state index is -0.0679. The van der Waals surface area contributed by atoms with Crippen LogP contribution in [0.2, 0.25) is 0 Å². The molecule has 5 nitrogen and oxygen atoms in total. The van der Waals surface area contributed by atoms with Crippen molar-refractivity contribution in [2.24, 2.45) is 0 Å². The van der Waals surface area contributed by atoms with Crippen LogP contribution < -0.4 is 0 Å². The highest BCUT2D eigenvalue weighted by atomic mass is 32.2. The van der Waals surface area contributed by atoms with E-state index in [-0.39, 0.29) is 16.3 Å². The first-order valence-electron chi connectivity index (χ1n) is 13.3. The fraction of sp³-hybridized carbons (Fsp3) is 0.643. The van der Waals surface area contributed by atoms with Crippen molar-refractivity contribution in [2.45, 2.75) is 129 Å². The summed E-state index contributed by atoms with van der Waals surface area (Å²) in [6, 6.07) is 2.04. The Labute approximate surface area is 232 Å². The Kier molecular flexibility index (Phi) is 19.8. The smallest absolute Gasteiger partial charge is 0.193 e. The first kappa shape index (κ1) is 32.8. The maximum absolute atomic E-state index is 5.82. The van der Waals surface area contributed by atoms with E-state index in [1.54, 1.807) is 35.3 Å². The molecule has 0 aliphatic rings. The van der Waals surface area contributed by atoms with Crippen molar-refractivity contribution in [3.63, 3.8) is 0 Å². The maximum atomic E-state index is 5.82. The Hall–Kier alpha value is -1.25. The van der Waals surface area contributed by atoms with Crippen LogP contribution in [-0.4, -0.2) is 26.3 Å². The standard InChI is InChI=1S/C28H46N2O3S3/c1-7-13-16-19-25(31-10-4)34-23-22-24(35-26(32-11-5)20-17-14-8-2)30-28(29-23)36-27(33-12-6)21-18-15-9-3/h10-12,22,25-27H,4-9,13-21H2,1-3H3. The Morgan fingerprint density at radius 2 is 1.00 bits per heavy atom. The van der Waals surface area contributed by atoms with Crippen LogP contribution in [-0.2, 0) is 14.2 Å². The van der Waals surface area contributed by atoms with Gasteiger partial charge in [-0.3, -0.25) is 0 Å². The van der Waals surface area contributed by atoms with E-state index >= 15 is 0 Å². The molecule has 0 fully saturated rings. The van der Waals surface area contributed by atoms with Gasteiger partial charge in [-0.1, -0.05) is 103 Å². The van der Waals surface area contributed by atoms with Gasteiger partial charge in [0.15, 0.2) is 10.6 Å². The molecule has 0 saturated heterocycles. The second kappa shape index (κ2) is 21.8. The summed E-state index contributed by atoms with van der Waals surface area (Å²) in [5.74, 6) is 0.